The van der Waals surface area contributed by atoms with E-state index in [0.29, 0.717) is 11.8 Å². The Balaban J connectivity index is 1.62. The lowest BCUT2D eigenvalue weighted by atomic mass is 10.0. The van der Waals surface area contributed by atoms with Gasteiger partial charge in [0.15, 0.2) is 0 Å². The van der Waals surface area contributed by atoms with Crippen LogP contribution in [0.5, 0.6) is 0 Å². The van der Waals surface area contributed by atoms with E-state index in [1.54, 1.807) is 0 Å². The molecule has 3 rings (SSSR count). The van der Waals surface area contributed by atoms with Crippen molar-refractivity contribution in [2.75, 3.05) is 18.0 Å². The van der Waals surface area contributed by atoms with Crippen LogP contribution in [-0.2, 0) is 6.54 Å². The molecule has 1 fully saturated rings. The van der Waals surface area contributed by atoms with Crippen LogP contribution in [0.25, 0.3) is 0 Å². The number of hydrogen-bond acceptors (Lipinski definition) is 4. The largest absolute Gasteiger partial charge is 0.340 e. The molecule has 0 amide bonds. The minimum Gasteiger partial charge on any atom is -0.340 e. The minimum absolute atomic E-state index is 0.471. The maximum Gasteiger partial charge on any atom is 0.225 e. The highest BCUT2D eigenvalue weighted by Gasteiger charge is 2.29. The number of imidazole rings is 1. The van der Waals surface area contributed by atoms with Crippen molar-refractivity contribution >= 4 is 5.95 Å². The van der Waals surface area contributed by atoms with Crippen molar-refractivity contribution in [1.29, 1.82) is 0 Å². The summed E-state index contributed by atoms with van der Waals surface area (Å²) >= 11 is 0. The second kappa shape index (κ2) is 5.47. The summed E-state index contributed by atoms with van der Waals surface area (Å²) in [4.78, 5) is 15.8. The topological polar surface area (TPSA) is 46.8 Å². The van der Waals surface area contributed by atoms with Crippen LogP contribution in [0, 0.1) is 19.8 Å². The van der Waals surface area contributed by atoms with Gasteiger partial charge >= 0.3 is 0 Å². The lowest BCUT2D eigenvalue weighted by Crippen LogP contribution is -2.49. The van der Waals surface area contributed by atoms with Crippen LogP contribution in [0.1, 0.15) is 37.0 Å². The van der Waals surface area contributed by atoms with Gasteiger partial charge in [0, 0.05) is 55.3 Å². The van der Waals surface area contributed by atoms with Crippen molar-refractivity contribution in [3.8, 4) is 0 Å². The standard InChI is InChI=1S/C16H23N5/c1-11(2)15-17-5-6-20(15)8-14-9-21(10-14)16-18-12(3)7-13(4)19-16/h5-7,11,14H,8-10H2,1-4H3. The fourth-order valence-electron chi connectivity index (χ4n) is 2.95. The minimum atomic E-state index is 0.471. The van der Waals surface area contributed by atoms with Crippen molar-refractivity contribution in [2.24, 2.45) is 5.92 Å². The Morgan fingerprint density at radius 2 is 1.86 bits per heavy atom. The molecule has 21 heavy (non-hydrogen) atoms. The van der Waals surface area contributed by atoms with Gasteiger partial charge in [0.25, 0.3) is 0 Å². The predicted molar refractivity (Wildman–Crippen MR) is 83.5 cm³/mol. The summed E-state index contributed by atoms with van der Waals surface area (Å²) in [5.74, 6) is 3.18. The van der Waals surface area contributed by atoms with Gasteiger partial charge in [-0.3, -0.25) is 0 Å². The SMILES string of the molecule is Cc1cc(C)nc(N2CC(Cn3ccnc3C(C)C)C2)n1. The van der Waals surface area contributed by atoms with Gasteiger partial charge < -0.3 is 9.47 Å². The van der Waals surface area contributed by atoms with Crippen LogP contribution >= 0.6 is 0 Å². The smallest absolute Gasteiger partial charge is 0.225 e. The Morgan fingerprint density at radius 3 is 2.48 bits per heavy atom. The molecule has 0 aromatic carbocycles. The van der Waals surface area contributed by atoms with Crippen molar-refractivity contribution in [1.82, 2.24) is 19.5 Å². The Labute approximate surface area is 126 Å². The lowest BCUT2D eigenvalue weighted by molar-refractivity contribution is 0.346. The van der Waals surface area contributed by atoms with E-state index in [4.69, 9.17) is 0 Å². The second-order valence-corrected chi connectivity index (χ2v) is 6.31. The van der Waals surface area contributed by atoms with Gasteiger partial charge in [0.2, 0.25) is 5.95 Å². The van der Waals surface area contributed by atoms with Crippen LogP contribution in [0.3, 0.4) is 0 Å². The Morgan fingerprint density at radius 1 is 1.19 bits per heavy atom. The molecule has 3 heterocycles. The fourth-order valence-corrected chi connectivity index (χ4v) is 2.95. The molecule has 0 atom stereocenters. The molecular formula is C16H23N5. The van der Waals surface area contributed by atoms with Crippen LogP contribution < -0.4 is 4.90 Å². The first-order valence-corrected chi connectivity index (χ1v) is 7.61. The first kappa shape index (κ1) is 14.0. The molecular weight excluding hydrogens is 262 g/mol. The molecule has 1 saturated heterocycles. The Hall–Kier alpha value is -1.91. The third-order valence-electron chi connectivity index (χ3n) is 3.93. The van der Waals surface area contributed by atoms with Crippen LogP contribution in [-0.4, -0.2) is 32.6 Å². The van der Waals surface area contributed by atoms with Gasteiger partial charge in [-0.25, -0.2) is 15.0 Å². The molecule has 5 nitrogen and oxygen atoms in total. The normalized spacial score (nSPS) is 15.6. The number of aryl methyl sites for hydroxylation is 2. The molecule has 112 valence electrons. The first-order valence-electron chi connectivity index (χ1n) is 7.61. The van der Waals surface area contributed by atoms with Gasteiger partial charge in [0.1, 0.15) is 5.82 Å². The van der Waals surface area contributed by atoms with Gasteiger partial charge in [0.05, 0.1) is 0 Å². The molecule has 0 aliphatic carbocycles. The van der Waals surface area contributed by atoms with Gasteiger partial charge in [-0.2, -0.15) is 0 Å². The zero-order valence-corrected chi connectivity index (χ0v) is 13.2. The van der Waals surface area contributed by atoms with Crippen LogP contribution in [0.2, 0.25) is 0 Å². The van der Waals surface area contributed by atoms with Crippen LogP contribution in [0.4, 0.5) is 5.95 Å². The van der Waals surface area contributed by atoms with E-state index < -0.39 is 0 Å². The van der Waals surface area contributed by atoms with E-state index in [0.717, 1.165) is 37.0 Å². The highest BCUT2D eigenvalue weighted by atomic mass is 15.3. The quantitative estimate of drug-likeness (QED) is 0.866. The number of rotatable bonds is 4. The molecule has 2 aromatic rings. The van der Waals surface area contributed by atoms with Gasteiger partial charge in [-0.05, 0) is 19.9 Å². The molecule has 0 bridgehead atoms. The summed E-state index contributed by atoms with van der Waals surface area (Å²) in [5, 5.41) is 0. The predicted octanol–water partition coefficient (Wildman–Crippen LogP) is 2.55. The van der Waals surface area contributed by atoms with Crippen molar-refractivity contribution < 1.29 is 0 Å². The molecule has 0 spiro atoms. The molecule has 1 aliphatic rings. The van der Waals surface area contributed by atoms with E-state index in [-0.39, 0.29) is 0 Å². The van der Waals surface area contributed by atoms with Crippen molar-refractivity contribution in [2.45, 2.75) is 40.2 Å². The van der Waals surface area contributed by atoms with Crippen molar-refractivity contribution in [3.05, 3.63) is 35.7 Å². The third-order valence-corrected chi connectivity index (χ3v) is 3.93. The Bertz CT molecular complexity index is 605. The maximum atomic E-state index is 4.53. The number of anilines is 1. The van der Waals surface area contributed by atoms with E-state index in [2.05, 4.69) is 44.5 Å². The highest BCUT2D eigenvalue weighted by Crippen LogP contribution is 2.24. The Kier molecular flexibility index (Phi) is 3.66. The molecule has 1 aliphatic heterocycles. The average Bonchev–Trinajstić information content (AvgIpc) is 2.80. The first-order chi connectivity index (χ1) is 10.0. The maximum absolute atomic E-state index is 4.53. The summed E-state index contributed by atoms with van der Waals surface area (Å²) in [5.41, 5.74) is 2.08. The fraction of sp³-hybridized carbons (Fsp3) is 0.562. The summed E-state index contributed by atoms with van der Waals surface area (Å²) in [6.45, 7) is 11.5. The summed E-state index contributed by atoms with van der Waals surface area (Å²) in [6, 6.07) is 2.02. The van der Waals surface area contributed by atoms with E-state index in [1.165, 1.54) is 5.82 Å². The molecule has 0 saturated carbocycles. The third kappa shape index (κ3) is 2.91. The van der Waals surface area contributed by atoms with E-state index >= 15 is 0 Å². The summed E-state index contributed by atoms with van der Waals surface area (Å²) < 4.78 is 2.29. The average molecular weight is 285 g/mol. The molecule has 5 heteroatoms. The summed E-state index contributed by atoms with van der Waals surface area (Å²) in [7, 11) is 0. The zero-order chi connectivity index (χ0) is 15.0. The zero-order valence-electron chi connectivity index (χ0n) is 13.2. The number of aromatic nitrogens is 4. The molecule has 0 radical (unpaired) electrons. The number of hydrogen-bond donors (Lipinski definition) is 0. The molecule has 0 N–H and O–H groups in total. The monoisotopic (exact) mass is 285 g/mol. The van der Waals surface area contributed by atoms with Crippen LogP contribution in [0.15, 0.2) is 18.5 Å². The second-order valence-electron chi connectivity index (χ2n) is 6.31. The van der Waals surface area contributed by atoms with E-state index in [1.807, 2.05) is 26.1 Å². The number of nitrogens with zero attached hydrogens (tertiary/aromatic N) is 5. The van der Waals surface area contributed by atoms with Gasteiger partial charge in [-0.15, -0.1) is 0 Å². The van der Waals surface area contributed by atoms with Gasteiger partial charge in [-0.1, -0.05) is 13.8 Å². The summed E-state index contributed by atoms with van der Waals surface area (Å²) in [6.07, 6.45) is 3.99. The lowest BCUT2D eigenvalue weighted by Gasteiger charge is -2.39. The molecule has 0 unspecified atom stereocenters. The van der Waals surface area contributed by atoms with Crippen molar-refractivity contribution in [3.63, 3.8) is 0 Å². The molecule has 2 aromatic heterocycles. The highest BCUT2D eigenvalue weighted by molar-refractivity contribution is 5.35. The van der Waals surface area contributed by atoms with E-state index in [9.17, 15) is 0 Å².